The molecule has 1 aromatic carbocycles. The van der Waals surface area contributed by atoms with E-state index in [-0.39, 0.29) is 30.9 Å². The third-order valence-corrected chi connectivity index (χ3v) is 6.44. The summed E-state index contributed by atoms with van der Waals surface area (Å²) in [7, 11) is 0. The molecule has 1 fully saturated rings. The van der Waals surface area contributed by atoms with Crippen LogP contribution >= 0.6 is 11.3 Å². The lowest BCUT2D eigenvalue weighted by Gasteiger charge is -2.40. The van der Waals surface area contributed by atoms with Crippen molar-refractivity contribution in [3.8, 4) is 0 Å². The molecule has 1 saturated heterocycles. The number of rotatable bonds is 5. The fraction of sp³-hybridized carbons (Fsp3) is 0.409. The van der Waals surface area contributed by atoms with Crippen LogP contribution < -0.4 is 10.2 Å². The second-order valence-corrected chi connectivity index (χ2v) is 9.13. The number of fused-ring (bicyclic) bond motifs is 1. The molecule has 0 spiro atoms. The molecular weight excluding hydrogens is 433 g/mol. The molecule has 0 aliphatic carbocycles. The van der Waals surface area contributed by atoms with E-state index in [1.807, 2.05) is 36.9 Å². The number of aliphatic hydroxyl groups is 2. The van der Waals surface area contributed by atoms with Crippen LogP contribution in [0.4, 0.5) is 20.1 Å². The third kappa shape index (κ3) is 4.82. The Morgan fingerprint density at radius 2 is 2.19 bits per heavy atom. The lowest BCUT2D eigenvalue weighted by Crippen LogP contribution is -2.55. The van der Waals surface area contributed by atoms with E-state index in [4.69, 9.17) is 5.11 Å². The van der Waals surface area contributed by atoms with Gasteiger partial charge in [0, 0.05) is 38.3 Å². The maximum absolute atomic E-state index is 14.6. The first-order chi connectivity index (χ1) is 15.3. The summed E-state index contributed by atoms with van der Waals surface area (Å²) in [6.45, 7) is 4.85. The number of pyridine rings is 1. The highest BCUT2D eigenvalue weighted by molar-refractivity contribution is 7.22. The van der Waals surface area contributed by atoms with Crippen molar-refractivity contribution in [1.82, 2.24) is 14.9 Å². The van der Waals surface area contributed by atoms with Crippen LogP contribution in [0.25, 0.3) is 10.2 Å². The van der Waals surface area contributed by atoms with Crippen LogP contribution in [-0.4, -0.2) is 69.5 Å². The Labute approximate surface area is 189 Å². The second-order valence-electron chi connectivity index (χ2n) is 8.10. The number of amides is 2. The summed E-state index contributed by atoms with van der Waals surface area (Å²) in [5, 5.41) is 21.9. The van der Waals surface area contributed by atoms with E-state index in [9.17, 15) is 14.3 Å². The van der Waals surface area contributed by atoms with Crippen molar-refractivity contribution in [2.24, 2.45) is 0 Å². The number of carbonyl (C=O) groups excluding carboxylic acids is 1. The van der Waals surface area contributed by atoms with Crippen LogP contribution in [0, 0.1) is 12.7 Å². The van der Waals surface area contributed by atoms with E-state index in [1.54, 1.807) is 4.90 Å². The van der Waals surface area contributed by atoms with Crippen molar-refractivity contribution < 1.29 is 19.4 Å². The quantitative estimate of drug-likeness (QED) is 0.542. The average molecular weight is 460 g/mol. The zero-order chi connectivity index (χ0) is 22.8. The van der Waals surface area contributed by atoms with Gasteiger partial charge in [-0.15, -0.1) is 0 Å². The topological polar surface area (TPSA) is 102 Å². The first kappa shape index (κ1) is 22.4. The zero-order valence-corrected chi connectivity index (χ0v) is 18.8. The molecule has 170 valence electrons. The average Bonchev–Trinajstić information content (AvgIpc) is 3.14. The van der Waals surface area contributed by atoms with E-state index in [1.165, 1.54) is 23.6 Å². The maximum atomic E-state index is 14.6. The summed E-state index contributed by atoms with van der Waals surface area (Å²) in [4.78, 5) is 25.1. The van der Waals surface area contributed by atoms with Crippen molar-refractivity contribution in [2.75, 3.05) is 36.5 Å². The summed E-state index contributed by atoms with van der Waals surface area (Å²) >= 11 is 1.44. The third-order valence-electron chi connectivity index (χ3n) is 5.51. The van der Waals surface area contributed by atoms with Crippen molar-refractivity contribution in [3.05, 3.63) is 47.4 Å². The van der Waals surface area contributed by atoms with Gasteiger partial charge in [-0.3, -0.25) is 5.32 Å². The number of thiazole rings is 1. The molecule has 0 bridgehead atoms. The number of aromatic nitrogens is 2. The van der Waals surface area contributed by atoms with Gasteiger partial charge in [-0.05, 0) is 43.2 Å². The number of piperazine rings is 1. The van der Waals surface area contributed by atoms with Gasteiger partial charge < -0.3 is 20.0 Å². The molecule has 32 heavy (non-hydrogen) atoms. The molecule has 1 aliphatic rings. The Morgan fingerprint density at radius 3 is 2.91 bits per heavy atom. The summed E-state index contributed by atoms with van der Waals surface area (Å²) < 4.78 is 15.7. The van der Waals surface area contributed by atoms with Gasteiger partial charge in [0.1, 0.15) is 0 Å². The van der Waals surface area contributed by atoms with Crippen molar-refractivity contribution >= 4 is 38.5 Å². The van der Waals surface area contributed by atoms with Crippen LogP contribution in [0.15, 0.2) is 30.5 Å². The molecule has 8 nitrogen and oxygen atoms in total. The van der Waals surface area contributed by atoms with Crippen LogP contribution in [0.3, 0.4) is 0 Å². The van der Waals surface area contributed by atoms with Crippen LogP contribution in [0.1, 0.15) is 18.1 Å². The summed E-state index contributed by atoms with van der Waals surface area (Å²) in [6, 6.07) is 6.92. The fourth-order valence-electron chi connectivity index (χ4n) is 3.85. The van der Waals surface area contributed by atoms with E-state index in [0.29, 0.717) is 30.3 Å². The number of nitrogens with one attached hydrogen (secondary N) is 1. The predicted octanol–water partition coefficient (Wildman–Crippen LogP) is 2.78. The van der Waals surface area contributed by atoms with Gasteiger partial charge in [0.15, 0.2) is 16.8 Å². The molecule has 10 heteroatoms. The van der Waals surface area contributed by atoms with Gasteiger partial charge in [0.2, 0.25) is 0 Å². The summed E-state index contributed by atoms with van der Waals surface area (Å²) in [5.41, 5.74) is 2.51. The van der Waals surface area contributed by atoms with Gasteiger partial charge in [0.25, 0.3) is 0 Å². The smallest absolute Gasteiger partial charge is 0.324 e. The van der Waals surface area contributed by atoms with Crippen LogP contribution in [-0.2, 0) is 6.42 Å². The molecule has 3 aromatic rings. The minimum Gasteiger partial charge on any atom is -0.394 e. The van der Waals surface area contributed by atoms with Gasteiger partial charge in [-0.25, -0.2) is 19.2 Å². The van der Waals surface area contributed by atoms with E-state index < -0.39 is 11.9 Å². The Balaban J connectivity index is 1.39. The normalized spacial score (nSPS) is 17.6. The number of aliphatic hydroxyl groups excluding tert-OH is 2. The van der Waals surface area contributed by atoms with Crippen LogP contribution in [0.5, 0.6) is 0 Å². The highest BCUT2D eigenvalue weighted by Gasteiger charge is 2.30. The van der Waals surface area contributed by atoms with Gasteiger partial charge >= 0.3 is 6.03 Å². The zero-order valence-electron chi connectivity index (χ0n) is 18.0. The molecular formula is C22H26FN5O3S. The number of aryl methyl sites for hydroxylation is 1. The Kier molecular flexibility index (Phi) is 6.54. The van der Waals surface area contributed by atoms with Crippen molar-refractivity contribution in [3.63, 3.8) is 0 Å². The van der Waals surface area contributed by atoms with Crippen molar-refractivity contribution in [1.29, 1.82) is 0 Å². The Bertz CT molecular complexity index is 1120. The SMILES string of the molecule is Cc1ccc2nc(NC(=O)N3CCN(c4ncc(C[C@H](O)CO)cc4F)C[C@@H]3C)sc2c1. The molecule has 1 aliphatic heterocycles. The molecule has 3 N–H and O–H groups in total. The Morgan fingerprint density at radius 1 is 1.38 bits per heavy atom. The predicted molar refractivity (Wildman–Crippen MR) is 123 cm³/mol. The van der Waals surface area contributed by atoms with E-state index in [0.717, 1.165) is 15.8 Å². The number of hydrogen-bond acceptors (Lipinski definition) is 7. The number of anilines is 2. The lowest BCUT2D eigenvalue weighted by molar-refractivity contribution is 0.0954. The number of benzene rings is 1. The Hall–Kier alpha value is -2.82. The number of carbonyl (C=O) groups is 1. The standard InChI is InChI=1S/C22H26FN5O3S/c1-13-3-4-18-19(7-13)32-21(25-18)26-22(31)28-6-5-27(11-14(28)2)20-17(23)9-15(10-24-20)8-16(30)12-29/h3-4,7,9-10,14,16,29-30H,5-6,8,11-12H2,1-2H3,(H,25,26,31)/t14-,16-/m0/s1. The highest BCUT2D eigenvalue weighted by atomic mass is 32.1. The fourth-order valence-corrected chi connectivity index (χ4v) is 4.81. The summed E-state index contributed by atoms with van der Waals surface area (Å²) in [6.07, 6.45) is 0.704. The van der Waals surface area contributed by atoms with Gasteiger partial charge in [-0.1, -0.05) is 17.4 Å². The molecule has 4 rings (SSSR count). The highest BCUT2D eigenvalue weighted by Crippen LogP contribution is 2.27. The van der Waals surface area contributed by atoms with E-state index >= 15 is 0 Å². The first-order valence-electron chi connectivity index (χ1n) is 10.5. The largest absolute Gasteiger partial charge is 0.394 e. The van der Waals surface area contributed by atoms with Gasteiger partial charge in [0.05, 0.1) is 22.9 Å². The molecule has 0 saturated carbocycles. The molecule has 2 aromatic heterocycles. The first-order valence-corrected chi connectivity index (χ1v) is 11.3. The lowest BCUT2D eigenvalue weighted by atomic mass is 10.1. The van der Waals surface area contributed by atoms with Gasteiger partial charge in [-0.2, -0.15) is 0 Å². The van der Waals surface area contributed by atoms with Crippen LogP contribution in [0.2, 0.25) is 0 Å². The molecule has 0 radical (unpaired) electrons. The minimum absolute atomic E-state index is 0.135. The monoisotopic (exact) mass is 459 g/mol. The minimum atomic E-state index is -0.941. The van der Waals surface area contributed by atoms with E-state index in [2.05, 4.69) is 15.3 Å². The number of halogens is 1. The summed E-state index contributed by atoms with van der Waals surface area (Å²) in [5.74, 6) is -0.261. The second kappa shape index (κ2) is 9.35. The van der Waals surface area contributed by atoms with Crippen molar-refractivity contribution in [2.45, 2.75) is 32.4 Å². The maximum Gasteiger partial charge on any atom is 0.324 e. The number of hydrogen-bond donors (Lipinski definition) is 3. The number of nitrogens with zero attached hydrogens (tertiary/aromatic N) is 4. The number of urea groups is 1. The molecule has 0 unspecified atom stereocenters. The molecule has 2 atom stereocenters. The molecule has 3 heterocycles. The molecule has 2 amide bonds.